The molecule has 1 aromatic carbocycles. The maximum absolute atomic E-state index is 13.1. The summed E-state index contributed by atoms with van der Waals surface area (Å²) in [5.41, 5.74) is -1.25. The SMILES string of the molecule is C[C@@H](O)[C@@](C)(O)C[Si](C)(C)C1(S(=O)(=O)c2ccccc2)CC1. The third kappa shape index (κ3) is 2.77. The number of hydrogen-bond acceptors (Lipinski definition) is 4. The van der Waals surface area contributed by atoms with E-state index in [1.807, 2.05) is 13.1 Å². The maximum atomic E-state index is 13.1. The Labute approximate surface area is 134 Å². The molecule has 0 aromatic heterocycles. The monoisotopic (exact) mass is 342 g/mol. The molecule has 0 heterocycles. The van der Waals surface area contributed by atoms with Crippen LogP contribution in [0.3, 0.4) is 0 Å². The summed E-state index contributed by atoms with van der Waals surface area (Å²) in [6.45, 7) is 7.17. The van der Waals surface area contributed by atoms with E-state index in [2.05, 4.69) is 0 Å². The first-order chi connectivity index (χ1) is 9.96. The second-order valence-electron chi connectivity index (χ2n) is 7.40. The van der Waals surface area contributed by atoms with Gasteiger partial charge in [-0.25, -0.2) is 8.42 Å². The molecule has 0 bridgehead atoms. The minimum Gasteiger partial charge on any atom is -0.390 e. The van der Waals surface area contributed by atoms with Crippen LogP contribution in [0.2, 0.25) is 19.1 Å². The van der Waals surface area contributed by atoms with Gasteiger partial charge in [0.2, 0.25) is 0 Å². The van der Waals surface area contributed by atoms with Gasteiger partial charge in [0.25, 0.3) is 0 Å². The molecule has 1 aromatic rings. The number of aliphatic hydroxyl groups is 2. The fraction of sp³-hybridized carbons (Fsp3) is 0.625. The predicted molar refractivity (Wildman–Crippen MR) is 90.2 cm³/mol. The van der Waals surface area contributed by atoms with Crippen molar-refractivity contribution < 1.29 is 18.6 Å². The lowest BCUT2D eigenvalue weighted by atomic mass is 10.0. The summed E-state index contributed by atoms with van der Waals surface area (Å²) in [6.07, 6.45) is 0.424. The van der Waals surface area contributed by atoms with Gasteiger partial charge in [-0.1, -0.05) is 31.3 Å². The van der Waals surface area contributed by atoms with E-state index in [1.54, 1.807) is 44.2 Å². The molecule has 0 radical (unpaired) electrons. The van der Waals surface area contributed by atoms with Crippen molar-refractivity contribution in [1.82, 2.24) is 0 Å². The van der Waals surface area contributed by atoms with Crippen LogP contribution in [0.25, 0.3) is 0 Å². The van der Waals surface area contributed by atoms with Crippen molar-refractivity contribution in [3.8, 4) is 0 Å². The minimum absolute atomic E-state index is 0.365. The fourth-order valence-corrected chi connectivity index (χ4v) is 12.4. The summed E-state index contributed by atoms with van der Waals surface area (Å²) < 4.78 is 25.5. The predicted octanol–water partition coefficient (Wildman–Crippen LogP) is 2.37. The molecule has 0 spiro atoms. The van der Waals surface area contributed by atoms with Crippen LogP contribution in [-0.4, -0.2) is 42.8 Å². The van der Waals surface area contributed by atoms with Crippen LogP contribution in [0.15, 0.2) is 35.2 Å². The summed E-state index contributed by atoms with van der Waals surface area (Å²) in [7, 11) is -5.75. The molecular formula is C16H26O4SSi. The number of benzene rings is 1. The van der Waals surface area contributed by atoms with Crippen molar-refractivity contribution in [2.24, 2.45) is 0 Å². The highest BCUT2D eigenvalue weighted by molar-refractivity contribution is 7.95. The lowest BCUT2D eigenvalue weighted by molar-refractivity contribution is -0.0385. The molecule has 2 N–H and O–H groups in total. The Morgan fingerprint density at radius 2 is 1.77 bits per heavy atom. The molecule has 124 valence electrons. The summed E-state index contributed by atoms with van der Waals surface area (Å²) in [5, 5.41) is 20.2. The first-order valence-corrected chi connectivity index (χ1v) is 12.4. The Balaban J connectivity index is 2.38. The van der Waals surface area contributed by atoms with Gasteiger partial charge in [0.1, 0.15) is 0 Å². The molecule has 0 aliphatic heterocycles. The van der Waals surface area contributed by atoms with Crippen molar-refractivity contribution in [2.45, 2.75) is 66.8 Å². The Morgan fingerprint density at radius 3 is 2.18 bits per heavy atom. The highest BCUT2D eigenvalue weighted by atomic mass is 32.2. The van der Waals surface area contributed by atoms with Gasteiger partial charge in [0.05, 0.1) is 29.0 Å². The topological polar surface area (TPSA) is 74.6 Å². The van der Waals surface area contributed by atoms with Crippen molar-refractivity contribution >= 4 is 17.9 Å². The average Bonchev–Trinajstić information content (AvgIpc) is 3.20. The zero-order valence-electron chi connectivity index (χ0n) is 13.7. The van der Waals surface area contributed by atoms with Crippen LogP contribution in [-0.2, 0) is 9.84 Å². The molecule has 22 heavy (non-hydrogen) atoms. The number of rotatable bonds is 6. The lowest BCUT2D eigenvalue weighted by Gasteiger charge is -2.39. The molecule has 4 nitrogen and oxygen atoms in total. The molecule has 2 rings (SSSR count). The Morgan fingerprint density at radius 1 is 1.27 bits per heavy atom. The van der Waals surface area contributed by atoms with Gasteiger partial charge in [-0.15, -0.1) is 0 Å². The average molecular weight is 343 g/mol. The minimum atomic E-state index is -3.41. The Kier molecular flexibility index (Phi) is 4.37. The van der Waals surface area contributed by atoms with Crippen LogP contribution in [0, 0.1) is 0 Å². The highest BCUT2D eigenvalue weighted by Gasteiger charge is 2.65. The second kappa shape index (κ2) is 5.44. The van der Waals surface area contributed by atoms with Crippen molar-refractivity contribution in [3.63, 3.8) is 0 Å². The van der Waals surface area contributed by atoms with E-state index in [0.717, 1.165) is 0 Å². The van der Waals surface area contributed by atoms with Gasteiger partial charge < -0.3 is 10.2 Å². The van der Waals surface area contributed by atoms with Crippen LogP contribution >= 0.6 is 0 Å². The van der Waals surface area contributed by atoms with Gasteiger partial charge in [0.15, 0.2) is 9.84 Å². The zero-order chi connectivity index (χ0) is 16.8. The van der Waals surface area contributed by atoms with Crippen molar-refractivity contribution in [2.75, 3.05) is 0 Å². The van der Waals surface area contributed by atoms with Crippen molar-refractivity contribution in [3.05, 3.63) is 30.3 Å². The zero-order valence-corrected chi connectivity index (χ0v) is 15.5. The van der Waals surface area contributed by atoms with E-state index < -0.39 is 34.0 Å². The lowest BCUT2D eigenvalue weighted by Crippen LogP contribution is -2.55. The molecule has 0 saturated heterocycles. The van der Waals surface area contributed by atoms with E-state index in [0.29, 0.717) is 23.8 Å². The Bertz CT molecular complexity index is 631. The summed E-state index contributed by atoms with van der Waals surface area (Å²) in [4.78, 5) is 0.366. The summed E-state index contributed by atoms with van der Waals surface area (Å²) >= 11 is 0. The smallest absolute Gasteiger partial charge is 0.181 e. The highest BCUT2D eigenvalue weighted by Crippen LogP contribution is 2.55. The molecule has 6 heteroatoms. The normalized spacial score (nSPS) is 21.9. The molecule has 0 amide bonds. The van der Waals surface area contributed by atoms with Crippen LogP contribution in [0.1, 0.15) is 26.7 Å². The first kappa shape index (κ1) is 17.7. The number of aliphatic hydroxyl groups excluding tert-OH is 1. The third-order valence-electron chi connectivity index (χ3n) is 5.21. The molecule has 1 fully saturated rings. The van der Waals surface area contributed by atoms with Gasteiger partial charge in [-0.05, 0) is 44.9 Å². The van der Waals surface area contributed by atoms with Gasteiger partial charge in [0, 0.05) is 0 Å². The van der Waals surface area contributed by atoms with E-state index in [4.69, 9.17) is 0 Å². The van der Waals surface area contributed by atoms with Crippen LogP contribution < -0.4 is 0 Å². The molecule has 1 aliphatic carbocycles. The molecular weight excluding hydrogens is 316 g/mol. The summed E-state index contributed by atoms with van der Waals surface area (Å²) in [5.74, 6) is 0. The first-order valence-electron chi connectivity index (χ1n) is 7.66. The Hall–Kier alpha value is -0.693. The van der Waals surface area contributed by atoms with E-state index in [-0.39, 0.29) is 0 Å². The fourth-order valence-electron chi connectivity index (χ4n) is 3.45. The quantitative estimate of drug-likeness (QED) is 0.778. The molecule has 2 atom stereocenters. The number of hydrogen-bond donors (Lipinski definition) is 2. The second-order valence-corrected chi connectivity index (χ2v) is 15.1. The van der Waals surface area contributed by atoms with Crippen LogP contribution in [0.4, 0.5) is 0 Å². The van der Waals surface area contributed by atoms with Crippen LogP contribution in [0.5, 0.6) is 0 Å². The molecule has 0 unspecified atom stereocenters. The maximum Gasteiger partial charge on any atom is 0.181 e. The van der Waals surface area contributed by atoms with Crippen molar-refractivity contribution in [1.29, 1.82) is 0 Å². The molecule has 1 saturated carbocycles. The van der Waals surface area contributed by atoms with Gasteiger partial charge in [-0.3, -0.25) is 0 Å². The summed E-state index contributed by atoms with van der Waals surface area (Å²) in [6, 6.07) is 8.94. The molecule has 1 aliphatic rings. The third-order valence-corrected chi connectivity index (χ3v) is 14.6. The van der Waals surface area contributed by atoms with E-state index in [1.165, 1.54) is 0 Å². The van der Waals surface area contributed by atoms with Gasteiger partial charge in [-0.2, -0.15) is 0 Å². The van der Waals surface area contributed by atoms with E-state index in [9.17, 15) is 18.6 Å². The van der Waals surface area contributed by atoms with E-state index >= 15 is 0 Å². The standard InChI is InChI=1S/C16H26O4SSi/c1-13(17)15(2,18)12-22(3,4)16(10-11-16)21(19,20)14-8-6-5-7-9-14/h5-9,13,17-18H,10-12H2,1-4H3/t13-,15+/m1/s1. The van der Waals surface area contributed by atoms with Gasteiger partial charge >= 0.3 is 0 Å². The number of sulfone groups is 1. The largest absolute Gasteiger partial charge is 0.390 e.